The van der Waals surface area contributed by atoms with Crippen LogP contribution in [0, 0.1) is 17.5 Å². The monoisotopic (exact) mass is 645 g/mol. The van der Waals surface area contributed by atoms with E-state index in [2.05, 4.69) is 24.9 Å². The van der Waals surface area contributed by atoms with Crippen molar-refractivity contribution >= 4 is 28.0 Å². The van der Waals surface area contributed by atoms with Crippen LogP contribution in [0.4, 0.5) is 37.8 Å². The highest BCUT2D eigenvalue weighted by molar-refractivity contribution is 7.92. The van der Waals surface area contributed by atoms with Gasteiger partial charge in [-0.15, -0.1) is 0 Å². The first-order chi connectivity index (χ1) is 20.8. The zero-order valence-corrected chi connectivity index (χ0v) is 23.9. The van der Waals surface area contributed by atoms with E-state index in [4.69, 9.17) is 9.90 Å². The van der Waals surface area contributed by atoms with Gasteiger partial charge in [-0.3, -0.25) is 14.4 Å². The summed E-state index contributed by atoms with van der Waals surface area (Å²) in [6, 6.07) is 4.53. The lowest BCUT2D eigenvalue weighted by Crippen LogP contribution is -2.49. The van der Waals surface area contributed by atoms with E-state index in [1.54, 1.807) is 0 Å². The topological polar surface area (TPSA) is 125 Å². The molecule has 0 bridgehead atoms. The number of benzene rings is 2. The summed E-state index contributed by atoms with van der Waals surface area (Å²) in [7, 11) is -4.50. The first kappa shape index (κ1) is 33.0. The molecule has 2 heterocycles. The Labute approximate surface area is 249 Å². The minimum atomic E-state index is -4.68. The van der Waals surface area contributed by atoms with E-state index in [0.29, 0.717) is 31.4 Å². The fraction of sp³-hybridized carbons (Fsp3) is 0.393. The summed E-state index contributed by atoms with van der Waals surface area (Å²) in [5.74, 6) is -3.61. The number of hydrogen-bond donors (Lipinski definition) is 3. The predicted molar refractivity (Wildman–Crippen MR) is 148 cm³/mol. The number of halogens is 6. The number of rotatable bonds is 7. The molecule has 44 heavy (non-hydrogen) atoms. The van der Waals surface area contributed by atoms with Crippen molar-refractivity contribution < 1.29 is 44.7 Å². The van der Waals surface area contributed by atoms with Crippen molar-refractivity contribution in [2.75, 3.05) is 23.1 Å². The molecule has 238 valence electrons. The smallest absolute Gasteiger partial charge is 0.416 e. The van der Waals surface area contributed by atoms with Crippen LogP contribution in [-0.4, -0.2) is 60.0 Å². The summed E-state index contributed by atoms with van der Waals surface area (Å²) < 4.78 is 112. The third-order valence-electron chi connectivity index (χ3n) is 7.62. The molecule has 1 saturated carbocycles. The van der Waals surface area contributed by atoms with Crippen molar-refractivity contribution in [3.8, 4) is 0 Å². The van der Waals surface area contributed by atoms with Crippen LogP contribution in [0.15, 0.2) is 53.8 Å². The van der Waals surface area contributed by atoms with Gasteiger partial charge in [0.2, 0.25) is 0 Å². The van der Waals surface area contributed by atoms with E-state index in [0.717, 1.165) is 50.5 Å². The largest absolute Gasteiger partial charge is 0.483 e. The molecule has 1 aliphatic heterocycles. The molecule has 0 spiro atoms. The number of nitrogens with one attached hydrogen (secondary N) is 2. The van der Waals surface area contributed by atoms with Crippen LogP contribution < -0.4 is 10.0 Å². The highest BCUT2D eigenvalue weighted by atomic mass is 32.2. The third kappa shape index (κ3) is 7.96. The molecule has 2 aromatic carbocycles. The van der Waals surface area contributed by atoms with Gasteiger partial charge in [0, 0.05) is 24.3 Å². The molecule has 1 aliphatic carbocycles. The van der Waals surface area contributed by atoms with Gasteiger partial charge in [0.1, 0.15) is 34.5 Å². The number of aromatic nitrogens is 2. The number of alkyl halides is 3. The van der Waals surface area contributed by atoms with Crippen molar-refractivity contribution in [1.29, 1.82) is 0 Å². The predicted octanol–water partition coefficient (Wildman–Crippen LogP) is 5.63. The van der Waals surface area contributed by atoms with E-state index in [1.807, 2.05) is 0 Å². The van der Waals surface area contributed by atoms with E-state index in [9.17, 15) is 26.0 Å². The van der Waals surface area contributed by atoms with Crippen LogP contribution in [0.5, 0.6) is 0 Å². The number of carboxylic acid groups (broad SMARTS) is 1. The molecule has 2 fully saturated rings. The Morgan fingerprint density at radius 1 is 1.00 bits per heavy atom. The van der Waals surface area contributed by atoms with Crippen LogP contribution in [0.3, 0.4) is 0 Å². The van der Waals surface area contributed by atoms with Gasteiger partial charge in [-0.2, -0.15) is 13.2 Å². The highest BCUT2D eigenvalue weighted by Crippen LogP contribution is 2.40. The van der Waals surface area contributed by atoms with Crippen LogP contribution in [-0.2, 0) is 21.0 Å². The highest BCUT2D eigenvalue weighted by Gasteiger charge is 2.38. The quantitative estimate of drug-likeness (QED) is 0.223. The average molecular weight is 646 g/mol. The summed E-state index contributed by atoms with van der Waals surface area (Å²) in [5.41, 5.74) is -1.03. The molecular weight excluding hydrogens is 616 g/mol. The Kier molecular flexibility index (Phi) is 10.3. The Balaban J connectivity index is 0.00000141. The molecule has 3 atom stereocenters. The van der Waals surface area contributed by atoms with Gasteiger partial charge >= 0.3 is 6.18 Å². The molecule has 1 aromatic heterocycles. The lowest BCUT2D eigenvalue weighted by atomic mass is 9.77. The van der Waals surface area contributed by atoms with Gasteiger partial charge in [0.15, 0.2) is 0 Å². The summed E-state index contributed by atoms with van der Waals surface area (Å²) in [6.45, 7) is 1.21. The zero-order chi connectivity index (χ0) is 32.1. The van der Waals surface area contributed by atoms with E-state index >= 15 is 8.78 Å². The normalized spacial score (nSPS) is 20.8. The Bertz CT molecular complexity index is 1560. The van der Waals surface area contributed by atoms with Crippen molar-refractivity contribution in [2.24, 2.45) is 0 Å². The molecule has 9 nitrogen and oxygen atoms in total. The minimum Gasteiger partial charge on any atom is -0.483 e. The summed E-state index contributed by atoms with van der Waals surface area (Å²) in [6.07, 6.45) is 0.693. The first-order valence-electron chi connectivity index (χ1n) is 13.6. The van der Waals surface area contributed by atoms with Gasteiger partial charge < -0.3 is 10.4 Å². The lowest BCUT2D eigenvalue weighted by Gasteiger charge is -2.42. The van der Waals surface area contributed by atoms with Crippen LogP contribution in [0.1, 0.15) is 49.1 Å². The maximum absolute atomic E-state index is 15.2. The number of carbonyl (C=O) groups is 1. The first-order valence-corrected chi connectivity index (χ1v) is 15.0. The SMILES string of the molecule is O=CO.O=S(=O)(Nc1ccncn1)c1cc(F)c(N[C@H]2CC[C@H](c3cc(F)cc(C(F)(F)F)c3)C[C@@H]2N2CCCC2)cc1F. The molecule has 0 unspecified atom stereocenters. The van der Waals surface area contributed by atoms with Gasteiger partial charge in [0.25, 0.3) is 16.5 Å². The van der Waals surface area contributed by atoms with Gasteiger partial charge in [0.05, 0.1) is 11.3 Å². The molecule has 3 aromatic rings. The second-order valence-electron chi connectivity index (χ2n) is 10.4. The molecule has 3 N–H and O–H groups in total. The maximum Gasteiger partial charge on any atom is 0.416 e. The number of anilines is 2. The second kappa shape index (κ2) is 13.8. The molecule has 0 radical (unpaired) electrons. The number of nitrogens with zero attached hydrogens (tertiary/aromatic N) is 3. The van der Waals surface area contributed by atoms with Crippen LogP contribution >= 0.6 is 0 Å². The molecule has 5 rings (SSSR count). The van der Waals surface area contributed by atoms with E-state index in [-0.39, 0.29) is 35.5 Å². The molecule has 16 heteroatoms. The maximum atomic E-state index is 15.2. The average Bonchev–Trinajstić information content (AvgIpc) is 3.50. The summed E-state index contributed by atoms with van der Waals surface area (Å²) in [4.78, 5) is 17.0. The molecule has 1 saturated heterocycles. The fourth-order valence-corrected chi connectivity index (χ4v) is 6.78. The van der Waals surface area contributed by atoms with Crippen molar-refractivity contribution in [3.63, 3.8) is 0 Å². The Morgan fingerprint density at radius 2 is 1.70 bits per heavy atom. The zero-order valence-electron chi connectivity index (χ0n) is 23.1. The van der Waals surface area contributed by atoms with Crippen molar-refractivity contribution in [2.45, 2.75) is 61.2 Å². The van der Waals surface area contributed by atoms with Gasteiger partial charge in [-0.25, -0.2) is 31.6 Å². The van der Waals surface area contributed by atoms with Gasteiger partial charge in [-0.05, 0) is 87.0 Å². The summed E-state index contributed by atoms with van der Waals surface area (Å²) >= 11 is 0. The second-order valence-corrected chi connectivity index (χ2v) is 12.1. The van der Waals surface area contributed by atoms with Crippen molar-refractivity contribution in [1.82, 2.24) is 14.9 Å². The van der Waals surface area contributed by atoms with Crippen molar-refractivity contribution in [3.05, 3.63) is 77.5 Å². The van der Waals surface area contributed by atoms with E-state index in [1.165, 1.54) is 12.3 Å². The summed E-state index contributed by atoms with van der Waals surface area (Å²) in [5, 5.41) is 9.91. The lowest BCUT2D eigenvalue weighted by molar-refractivity contribution is -0.137. The van der Waals surface area contributed by atoms with Crippen LogP contribution in [0.2, 0.25) is 0 Å². The fourth-order valence-electron chi connectivity index (χ4n) is 5.69. The molecule has 2 aliphatic rings. The Morgan fingerprint density at radius 3 is 2.34 bits per heavy atom. The Hall–Kier alpha value is -3.92. The number of likely N-dealkylation sites (tertiary alicyclic amines) is 1. The number of sulfonamides is 1. The minimum absolute atomic E-state index is 0.118. The van der Waals surface area contributed by atoms with Gasteiger partial charge in [-0.1, -0.05) is 0 Å². The van der Waals surface area contributed by atoms with Crippen LogP contribution in [0.25, 0.3) is 0 Å². The van der Waals surface area contributed by atoms with E-state index < -0.39 is 50.2 Å². The standard InChI is InChI=1S/C27H27F6N5O2S.CH2O2/c28-19-10-17(9-18(12-19)27(31,32)33)16-3-4-22(24(11-16)38-7-1-2-8-38)36-23-13-21(30)25(14-20(23)29)41(39,40)37-26-5-6-34-15-35-26;2-1-3/h5-6,9-10,12-16,22,24,36H,1-4,7-8,11H2,(H,34,35,37);1H,(H,2,3)/t16-,22-,24-;/m0./s1. The third-order valence-corrected chi connectivity index (χ3v) is 8.99. The molecular formula is C28H29F6N5O4S. The number of hydrogen-bond acceptors (Lipinski definition) is 7. The molecule has 0 amide bonds.